The maximum absolute atomic E-state index is 13.0. The van der Waals surface area contributed by atoms with Crippen LogP contribution >= 0.6 is 0 Å². The Morgan fingerprint density at radius 2 is 2.23 bits per heavy atom. The van der Waals surface area contributed by atoms with Crippen molar-refractivity contribution in [1.29, 1.82) is 5.26 Å². The molecule has 1 saturated heterocycles. The highest BCUT2D eigenvalue weighted by Gasteiger charge is 2.32. The van der Waals surface area contributed by atoms with Crippen LogP contribution < -0.4 is 0 Å². The molecule has 2 aliphatic heterocycles. The van der Waals surface area contributed by atoms with Crippen LogP contribution in [0.15, 0.2) is 36.5 Å². The van der Waals surface area contributed by atoms with Crippen molar-refractivity contribution < 1.29 is 9.59 Å². The highest BCUT2D eigenvalue weighted by atomic mass is 16.2. The summed E-state index contributed by atoms with van der Waals surface area (Å²) in [6.45, 7) is 2.30. The van der Waals surface area contributed by atoms with Gasteiger partial charge in [0.25, 0.3) is 5.91 Å². The van der Waals surface area contributed by atoms with E-state index in [0.29, 0.717) is 37.2 Å². The summed E-state index contributed by atoms with van der Waals surface area (Å²) >= 11 is 0. The number of nitrogens with zero attached hydrogens (tertiary/aromatic N) is 5. The van der Waals surface area contributed by atoms with Crippen molar-refractivity contribution in [2.24, 2.45) is 0 Å². The quantitative estimate of drug-likeness (QED) is 0.842. The van der Waals surface area contributed by atoms with Gasteiger partial charge in [0, 0.05) is 37.8 Å². The minimum absolute atomic E-state index is 0.0566. The molecule has 0 aliphatic carbocycles. The molecule has 7 nitrogen and oxygen atoms in total. The fourth-order valence-electron chi connectivity index (χ4n) is 3.73. The summed E-state index contributed by atoms with van der Waals surface area (Å²) in [4.78, 5) is 28.6. The van der Waals surface area contributed by atoms with Gasteiger partial charge in [0.1, 0.15) is 0 Å². The first kappa shape index (κ1) is 16.3. The summed E-state index contributed by atoms with van der Waals surface area (Å²) in [6.07, 6.45) is 3.22. The zero-order chi connectivity index (χ0) is 18.1. The Morgan fingerprint density at radius 3 is 3.00 bits per heavy atom. The monoisotopic (exact) mass is 349 g/mol. The first-order valence-electron chi connectivity index (χ1n) is 8.75. The lowest BCUT2D eigenvalue weighted by atomic mass is 10.1. The second-order valence-corrected chi connectivity index (χ2v) is 6.74. The maximum atomic E-state index is 13.0. The average molecular weight is 349 g/mol. The van der Waals surface area contributed by atoms with Crippen LogP contribution in [-0.4, -0.2) is 51.0 Å². The molecule has 0 bridgehead atoms. The van der Waals surface area contributed by atoms with Crippen LogP contribution in [0, 0.1) is 11.3 Å². The Hall–Kier alpha value is -3.14. The molecule has 2 aromatic rings. The molecule has 132 valence electrons. The van der Waals surface area contributed by atoms with E-state index >= 15 is 0 Å². The number of aromatic nitrogens is 2. The Morgan fingerprint density at radius 1 is 1.35 bits per heavy atom. The fraction of sp³-hybridized carbons (Fsp3) is 0.368. The van der Waals surface area contributed by atoms with Gasteiger partial charge in [-0.25, -0.2) is 0 Å². The molecule has 0 N–H and O–H groups in total. The van der Waals surface area contributed by atoms with Crippen molar-refractivity contribution in [3.63, 3.8) is 0 Å². The normalized spacial score (nSPS) is 19.3. The fourth-order valence-corrected chi connectivity index (χ4v) is 3.73. The summed E-state index contributed by atoms with van der Waals surface area (Å²) in [6, 6.07) is 10.7. The molecule has 0 spiro atoms. The van der Waals surface area contributed by atoms with Gasteiger partial charge in [-0.2, -0.15) is 10.4 Å². The third kappa shape index (κ3) is 2.94. The van der Waals surface area contributed by atoms with E-state index in [2.05, 4.69) is 11.2 Å². The van der Waals surface area contributed by atoms with E-state index < -0.39 is 0 Å². The number of carbonyl (C=O) groups is 2. The number of fused-ring (bicyclic) bond motifs is 1. The van der Waals surface area contributed by atoms with Crippen LogP contribution in [0.5, 0.6) is 0 Å². The highest BCUT2D eigenvalue weighted by Crippen LogP contribution is 2.24. The molecule has 4 rings (SSSR count). The van der Waals surface area contributed by atoms with Crippen LogP contribution in [0.25, 0.3) is 0 Å². The molecule has 1 aromatic carbocycles. The van der Waals surface area contributed by atoms with Gasteiger partial charge >= 0.3 is 0 Å². The Bertz CT molecular complexity index is 897. The van der Waals surface area contributed by atoms with Crippen LogP contribution in [0.4, 0.5) is 0 Å². The SMILES string of the molecule is N#Cc1cccc(C(=O)N2Cc3ccnn3C(CN3CCCC3=O)C2)c1. The van der Waals surface area contributed by atoms with E-state index in [1.165, 1.54) is 0 Å². The number of rotatable bonds is 3. The standard InChI is InChI=1S/C19H19N5O2/c20-10-14-3-1-4-15(9-14)19(26)23-11-16-6-7-21-24(16)17(13-23)12-22-8-2-5-18(22)25/h1,3-4,6-7,9,17H,2,5,8,11-13H2. The van der Waals surface area contributed by atoms with E-state index in [4.69, 9.17) is 5.26 Å². The summed E-state index contributed by atoms with van der Waals surface area (Å²) in [5.74, 6) is 0.0659. The minimum atomic E-state index is -0.104. The molecule has 2 amide bonds. The van der Waals surface area contributed by atoms with Gasteiger partial charge in [0.2, 0.25) is 5.91 Å². The second-order valence-electron chi connectivity index (χ2n) is 6.74. The van der Waals surface area contributed by atoms with Gasteiger partial charge in [-0.15, -0.1) is 0 Å². The predicted molar refractivity (Wildman–Crippen MR) is 93.0 cm³/mol. The summed E-state index contributed by atoms with van der Waals surface area (Å²) in [5.41, 5.74) is 1.93. The molecule has 0 saturated carbocycles. The maximum Gasteiger partial charge on any atom is 0.254 e. The molecule has 26 heavy (non-hydrogen) atoms. The van der Waals surface area contributed by atoms with Gasteiger partial charge in [-0.1, -0.05) is 6.07 Å². The molecule has 7 heteroatoms. The van der Waals surface area contributed by atoms with Crippen LogP contribution in [0.3, 0.4) is 0 Å². The number of hydrogen-bond acceptors (Lipinski definition) is 4. The number of amides is 2. The topological polar surface area (TPSA) is 82.2 Å². The third-order valence-corrected chi connectivity index (χ3v) is 5.01. The molecular formula is C19H19N5O2. The zero-order valence-corrected chi connectivity index (χ0v) is 14.3. The van der Waals surface area contributed by atoms with Crippen molar-refractivity contribution in [3.05, 3.63) is 53.3 Å². The lowest BCUT2D eigenvalue weighted by Crippen LogP contribution is -2.45. The molecule has 1 fully saturated rings. The van der Waals surface area contributed by atoms with Gasteiger partial charge in [0.05, 0.1) is 29.9 Å². The van der Waals surface area contributed by atoms with Crippen molar-refractivity contribution >= 4 is 11.8 Å². The Balaban J connectivity index is 1.57. The van der Waals surface area contributed by atoms with Crippen LogP contribution in [-0.2, 0) is 11.3 Å². The third-order valence-electron chi connectivity index (χ3n) is 5.01. The van der Waals surface area contributed by atoms with E-state index in [-0.39, 0.29) is 17.9 Å². The van der Waals surface area contributed by atoms with E-state index in [0.717, 1.165) is 18.7 Å². The van der Waals surface area contributed by atoms with E-state index in [9.17, 15) is 9.59 Å². The molecule has 1 unspecified atom stereocenters. The van der Waals surface area contributed by atoms with Gasteiger partial charge in [0.15, 0.2) is 0 Å². The first-order chi connectivity index (χ1) is 12.7. The van der Waals surface area contributed by atoms with Gasteiger partial charge in [-0.05, 0) is 30.7 Å². The van der Waals surface area contributed by atoms with Crippen molar-refractivity contribution in [2.75, 3.05) is 19.6 Å². The molecular weight excluding hydrogens is 330 g/mol. The molecule has 0 radical (unpaired) electrons. The largest absolute Gasteiger partial charge is 0.340 e. The number of nitriles is 1. The summed E-state index contributed by atoms with van der Waals surface area (Å²) in [5, 5.41) is 13.5. The molecule has 1 atom stereocenters. The molecule has 1 aromatic heterocycles. The van der Waals surface area contributed by atoms with Crippen molar-refractivity contribution in [1.82, 2.24) is 19.6 Å². The molecule has 2 aliphatic rings. The lowest BCUT2D eigenvalue weighted by molar-refractivity contribution is -0.128. The van der Waals surface area contributed by atoms with E-state index in [1.54, 1.807) is 35.4 Å². The first-order valence-corrected chi connectivity index (χ1v) is 8.75. The second kappa shape index (κ2) is 6.64. The van der Waals surface area contributed by atoms with Gasteiger partial charge < -0.3 is 9.80 Å². The smallest absolute Gasteiger partial charge is 0.254 e. The van der Waals surface area contributed by atoms with Crippen molar-refractivity contribution in [2.45, 2.75) is 25.4 Å². The Labute approximate surface area is 151 Å². The van der Waals surface area contributed by atoms with Crippen LogP contribution in [0.1, 0.15) is 40.5 Å². The van der Waals surface area contributed by atoms with Crippen LogP contribution in [0.2, 0.25) is 0 Å². The summed E-state index contributed by atoms with van der Waals surface area (Å²) in [7, 11) is 0. The predicted octanol–water partition coefficient (Wildman–Crippen LogP) is 1.57. The lowest BCUT2D eigenvalue weighted by Gasteiger charge is -2.35. The Kier molecular flexibility index (Phi) is 4.17. The average Bonchev–Trinajstić information content (AvgIpc) is 3.30. The molecule has 3 heterocycles. The van der Waals surface area contributed by atoms with E-state index in [1.807, 2.05) is 15.6 Å². The van der Waals surface area contributed by atoms with Crippen molar-refractivity contribution in [3.8, 4) is 6.07 Å². The number of hydrogen-bond donors (Lipinski definition) is 0. The highest BCUT2D eigenvalue weighted by molar-refractivity contribution is 5.94. The number of benzene rings is 1. The summed E-state index contributed by atoms with van der Waals surface area (Å²) < 4.78 is 1.93. The zero-order valence-electron chi connectivity index (χ0n) is 14.3. The number of likely N-dealkylation sites (tertiary alicyclic amines) is 1. The number of carbonyl (C=O) groups excluding carboxylic acids is 2. The van der Waals surface area contributed by atoms with Gasteiger partial charge in [-0.3, -0.25) is 14.3 Å². The minimum Gasteiger partial charge on any atom is -0.340 e.